The number of esters is 1. The van der Waals surface area contributed by atoms with E-state index in [1.165, 1.54) is 0 Å². The van der Waals surface area contributed by atoms with Gasteiger partial charge in [-0.25, -0.2) is 4.79 Å². The van der Waals surface area contributed by atoms with Crippen molar-refractivity contribution in [2.24, 2.45) is 0 Å². The van der Waals surface area contributed by atoms with E-state index in [-0.39, 0.29) is 5.97 Å². The zero-order valence-electron chi connectivity index (χ0n) is 8.92. The molecule has 2 heterocycles. The minimum Gasteiger partial charge on any atom is -0.461 e. The third-order valence-electron chi connectivity index (χ3n) is 2.12. The van der Waals surface area contributed by atoms with E-state index in [1.807, 2.05) is 16.8 Å². The highest BCUT2D eigenvalue weighted by molar-refractivity contribution is 7.09. The number of hydrogen-bond acceptors (Lipinski definition) is 4. The minimum atomic E-state index is -0.281. The maximum absolute atomic E-state index is 11.6. The molecule has 2 rings (SSSR count). The highest BCUT2D eigenvalue weighted by atomic mass is 32.1. The second kappa shape index (κ2) is 4.94. The molecule has 0 saturated heterocycles. The van der Waals surface area contributed by atoms with Crippen molar-refractivity contribution in [2.45, 2.75) is 13.5 Å². The molecular weight excluding hydrogens is 224 g/mol. The molecule has 4 nitrogen and oxygen atoms in total. The molecule has 0 aromatic carbocycles. The summed E-state index contributed by atoms with van der Waals surface area (Å²) in [5, 5.41) is 0. The number of thiazole rings is 1. The van der Waals surface area contributed by atoms with Gasteiger partial charge in [0, 0.05) is 17.3 Å². The number of ether oxygens (including phenoxy) is 1. The summed E-state index contributed by atoms with van der Waals surface area (Å²) in [6, 6.07) is 3.60. The Morgan fingerprint density at radius 3 is 3.19 bits per heavy atom. The summed E-state index contributed by atoms with van der Waals surface area (Å²) in [4.78, 5) is 16.7. The molecule has 0 saturated carbocycles. The first-order chi connectivity index (χ1) is 7.81. The average molecular weight is 236 g/mol. The predicted molar refractivity (Wildman–Crippen MR) is 61.6 cm³/mol. The van der Waals surface area contributed by atoms with Crippen LogP contribution in [0.5, 0.6) is 0 Å². The Balaban J connectivity index is 2.16. The molecule has 84 valence electrons. The van der Waals surface area contributed by atoms with Gasteiger partial charge >= 0.3 is 5.97 Å². The van der Waals surface area contributed by atoms with Crippen LogP contribution < -0.4 is 0 Å². The van der Waals surface area contributed by atoms with Crippen molar-refractivity contribution in [3.05, 3.63) is 40.6 Å². The molecule has 5 heteroatoms. The van der Waals surface area contributed by atoms with E-state index in [0.29, 0.717) is 18.8 Å². The summed E-state index contributed by atoms with van der Waals surface area (Å²) < 4.78 is 6.84. The maximum atomic E-state index is 11.6. The number of hydrogen-bond donors (Lipinski definition) is 0. The molecule has 0 atom stereocenters. The molecule has 2 aromatic rings. The van der Waals surface area contributed by atoms with Gasteiger partial charge in [-0.1, -0.05) is 0 Å². The van der Waals surface area contributed by atoms with Crippen molar-refractivity contribution in [1.82, 2.24) is 9.55 Å². The van der Waals surface area contributed by atoms with E-state index >= 15 is 0 Å². The molecular formula is C11H12N2O2S. The molecule has 0 N–H and O–H groups in total. The summed E-state index contributed by atoms with van der Waals surface area (Å²) >= 11 is 1.57. The second-order valence-corrected chi connectivity index (χ2v) is 4.18. The molecule has 0 amide bonds. The van der Waals surface area contributed by atoms with Crippen LogP contribution in [0, 0.1) is 0 Å². The van der Waals surface area contributed by atoms with Gasteiger partial charge in [0.2, 0.25) is 0 Å². The van der Waals surface area contributed by atoms with Crippen molar-refractivity contribution < 1.29 is 9.53 Å². The van der Waals surface area contributed by atoms with Crippen LogP contribution in [-0.2, 0) is 11.3 Å². The molecule has 0 unspecified atom stereocenters. The first kappa shape index (κ1) is 10.9. The normalized spacial score (nSPS) is 10.3. The topological polar surface area (TPSA) is 44.1 Å². The SMILES string of the molecule is CCOC(=O)c1cccn1Cc1cncs1. The van der Waals surface area contributed by atoms with Crippen LogP contribution in [-0.4, -0.2) is 22.1 Å². The molecule has 2 aromatic heterocycles. The largest absolute Gasteiger partial charge is 0.461 e. The van der Waals surface area contributed by atoms with Crippen LogP contribution in [0.3, 0.4) is 0 Å². The average Bonchev–Trinajstić information content (AvgIpc) is 2.90. The van der Waals surface area contributed by atoms with Gasteiger partial charge in [0.1, 0.15) is 5.69 Å². The Kier molecular flexibility index (Phi) is 3.36. The standard InChI is InChI=1S/C11H12N2O2S/c1-2-15-11(14)10-4-3-5-13(10)7-9-6-12-8-16-9/h3-6,8H,2,7H2,1H3. The summed E-state index contributed by atoms with van der Waals surface area (Å²) in [7, 11) is 0. The molecule has 0 aliphatic carbocycles. The van der Waals surface area contributed by atoms with Crippen LogP contribution in [0.15, 0.2) is 30.0 Å². The zero-order valence-corrected chi connectivity index (χ0v) is 9.74. The molecule has 0 spiro atoms. The molecule has 0 radical (unpaired) electrons. The van der Waals surface area contributed by atoms with E-state index in [0.717, 1.165) is 4.88 Å². The smallest absolute Gasteiger partial charge is 0.354 e. The van der Waals surface area contributed by atoms with Crippen molar-refractivity contribution in [2.75, 3.05) is 6.61 Å². The van der Waals surface area contributed by atoms with E-state index in [2.05, 4.69) is 4.98 Å². The first-order valence-electron chi connectivity index (χ1n) is 5.01. The maximum Gasteiger partial charge on any atom is 0.354 e. The van der Waals surface area contributed by atoms with Gasteiger partial charge in [0.05, 0.1) is 18.7 Å². The molecule has 0 fully saturated rings. The number of carbonyl (C=O) groups is 1. The molecule has 0 aliphatic rings. The van der Waals surface area contributed by atoms with Gasteiger partial charge in [-0.2, -0.15) is 0 Å². The number of aromatic nitrogens is 2. The Bertz CT molecular complexity index is 462. The van der Waals surface area contributed by atoms with Crippen LogP contribution >= 0.6 is 11.3 Å². The van der Waals surface area contributed by atoms with Gasteiger partial charge < -0.3 is 9.30 Å². The van der Waals surface area contributed by atoms with Crippen molar-refractivity contribution >= 4 is 17.3 Å². The Hall–Kier alpha value is -1.62. The summed E-state index contributed by atoms with van der Waals surface area (Å²) in [5.74, 6) is -0.281. The molecule has 16 heavy (non-hydrogen) atoms. The quantitative estimate of drug-likeness (QED) is 0.764. The fourth-order valence-electron chi connectivity index (χ4n) is 1.43. The van der Waals surface area contributed by atoms with Gasteiger partial charge in [-0.3, -0.25) is 4.98 Å². The van der Waals surface area contributed by atoms with E-state index in [4.69, 9.17) is 4.74 Å². The lowest BCUT2D eigenvalue weighted by molar-refractivity contribution is 0.0514. The van der Waals surface area contributed by atoms with E-state index in [9.17, 15) is 4.79 Å². The summed E-state index contributed by atoms with van der Waals surface area (Å²) in [6.45, 7) is 2.85. The van der Waals surface area contributed by atoms with Gasteiger partial charge in [-0.05, 0) is 19.1 Å². The third-order valence-corrected chi connectivity index (χ3v) is 2.89. The number of nitrogens with zero attached hydrogens (tertiary/aromatic N) is 2. The van der Waals surface area contributed by atoms with Gasteiger partial charge in [-0.15, -0.1) is 11.3 Å². The van der Waals surface area contributed by atoms with Crippen LogP contribution in [0.1, 0.15) is 22.3 Å². The van der Waals surface area contributed by atoms with Crippen LogP contribution in [0.2, 0.25) is 0 Å². The van der Waals surface area contributed by atoms with Crippen LogP contribution in [0.4, 0.5) is 0 Å². The Labute approximate surface area is 97.5 Å². The second-order valence-electron chi connectivity index (χ2n) is 3.21. The first-order valence-corrected chi connectivity index (χ1v) is 5.89. The highest BCUT2D eigenvalue weighted by Gasteiger charge is 2.11. The highest BCUT2D eigenvalue weighted by Crippen LogP contribution is 2.12. The van der Waals surface area contributed by atoms with Gasteiger partial charge in [0.25, 0.3) is 0 Å². The summed E-state index contributed by atoms with van der Waals surface area (Å²) in [5.41, 5.74) is 2.36. The molecule has 0 aliphatic heterocycles. The third kappa shape index (κ3) is 2.30. The molecule has 0 bridgehead atoms. The zero-order chi connectivity index (χ0) is 11.4. The number of rotatable bonds is 4. The van der Waals surface area contributed by atoms with E-state index < -0.39 is 0 Å². The predicted octanol–water partition coefficient (Wildman–Crippen LogP) is 2.17. The Morgan fingerprint density at radius 1 is 1.62 bits per heavy atom. The fraction of sp³-hybridized carbons (Fsp3) is 0.273. The lowest BCUT2D eigenvalue weighted by atomic mass is 10.4. The number of carbonyl (C=O) groups excluding carboxylic acids is 1. The monoisotopic (exact) mass is 236 g/mol. The van der Waals surface area contributed by atoms with Crippen molar-refractivity contribution in [3.8, 4) is 0 Å². The van der Waals surface area contributed by atoms with E-state index in [1.54, 1.807) is 36.0 Å². The summed E-state index contributed by atoms with van der Waals surface area (Å²) in [6.07, 6.45) is 3.67. The van der Waals surface area contributed by atoms with Crippen molar-refractivity contribution in [1.29, 1.82) is 0 Å². The lowest BCUT2D eigenvalue weighted by Gasteiger charge is -2.06. The Morgan fingerprint density at radius 2 is 2.50 bits per heavy atom. The van der Waals surface area contributed by atoms with Crippen molar-refractivity contribution in [3.63, 3.8) is 0 Å². The fourth-order valence-corrected chi connectivity index (χ4v) is 2.02. The minimum absolute atomic E-state index is 0.281. The van der Waals surface area contributed by atoms with Crippen LogP contribution in [0.25, 0.3) is 0 Å². The van der Waals surface area contributed by atoms with Gasteiger partial charge in [0.15, 0.2) is 0 Å². The lowest BCUT2D eigenvalue weighted by Crippen LogP contribution is -2.11.